The van der Waals surface area contributed by atoms with E-state index in [9.17, 15) is 39.9 Å². The van der Waals surface area contributed by atoms with E-state index in [1.165, 1.54) is 6.92 Å². The van der Waals surface area contributed by atoms with Crippen LogP contribution < -0.4 is 21.3 Å². The zero-order valence-electron chi connectivity index (χ0n) is 29.3. The van der Waals surface area contributed by atoms with Gasteiger partial charge < -0.3 is 31.6 Å². The number of carbonyl (C=O) groups excluding carboxylic acids is 4. The van der Waals surface area contributed by atoms with Crippen molar-refractivity contribution in [2.45, 2.75) is 96.6 Å². The molecule has 0 radical (unpaired) electrons. The fourth-order valence-electron chi connectivity index (χ4n) is 4.52. The van der Waals surface area contributed by atoms with Crippen molar-refractivity contribution in [1.29, 1.82) is 0 Å². The summed E-state index contributed by atoms with van der Waals surface area (Å²) in [5, 5.41) is 55.0. The molecule has 0 fully saturated rings. The van der Waals surface area contributed by atoms with Crippen molar-refractivity contribution >= 4 is 69.7 Å². The Bertz CT molecular complexity index is 1250. The van der Waals surface area contributed by atoms with E-state index >= 15 is 0 Å². The number of amides is 4. The molecule has 1 aromatic rings. The number of aliphatic hydroxyl groups is 1. The molecule has 16 nitrogen and oxygen atoms in total. The molecule has 1 rings (SSSR count). The number of rotatable bonds is 27. The van der Waals surface area contributed by atoms with E-state index in [0.29, 0.717) is 85.6 Å². The molecule has 286 valence electrons. The van der Waals surface area contributed by atoms with Crippen LogP contribution in [0.4, 0.5) is 11.4 Å². The fraction of sp³-hybridized carbons (Fsp3) is 0.636. The van der Waals surface area contributed by atoms with Gasteiger partial charge in [0.05, 0.1) is 10.8 Å². The predicted octanol–water partition coefficient (Wildman–Crippen LogP) is 3.48. The number of nitrogens with one attached hydrogen (secondary N) is 4. The van der Waals surface area contributed by atoms with Gasteiger partial charge in [0.1, 0.15) is 6.23 Å². The molecule has 0 aliphatic heterocycles. The summed E-state index contributed by atoms with van der Waals surface area (Å²) in [5.74, 6) is -1.68. The van der Waals surface area contributed by atoms with Crippen LogP contribution in [0.5, 0.6) is 0 Å². The standard InChI is InChI=1S/C33H54N8O8S2/c1-26(42)39(47)22-8-2-5-19-34-29(43)15-17-31(45)40(48)23-9-3-6-20-35-30(44)16-18-32(46)41(49)24-10-4-7-21-36-33(51)38-28-13-11-27(12-14-28)37-25-50/h11-14,26,42,47-49H,2-10,15-24H2,1H3,(H,34,43)(H,35,44)(H2,36,38,51). The molecule has 0 saturated heterocycles. The molecule has 51 heavy (non-hydrogen) atoms. The van der Waals surface area contributed by atoms with Gasteiger partial charge in [0.2, 0.25) is 23.6 Å². The molecule has 0 aliphatic carbocycles. The highest BCUT2D eigenvalue weighted by Crippen LogP contribution is 2.15. The number of isothiocyanates is 1. The largest absolute Gasteiger partial charge is 0.377 e. The van der Waals surface area contributed by atoms with Gasteiger partial charge in [-0.3, -0.25) is 29.6 Å². The number of benzene rings is 1. The normalized spacial score (nSPS) is 11.3. The van der Waals surface area contributed by atoms with Crippen LogP contribution in [-0.4, -0.2) is 115 Å². The minimum Gasteiger partial charge on any atom is -0.377 e. The van der Waals surface area contributed by atoms with Crippen LogP contribution in [-0.2, 0) is 19.2 Å². The van der Waals surface area contributed by atoms with Crippen molar-refractivity contribution in [2.24, 2.45) is 4.99 Å². The number of nitrogens with zero attached hydrogens (tertiary/aromatic N) is 4. The lowest BCUT2D eigenvalue weighted by molar-refractivity contribution is -0.188. The maximum absolute atomic E-state index is 12.2. The number of aliphatic imine (C=N–C) groups is 1. The zero-order valence-corrected chi connectivity index (χ0v) is 31.0. The van der Waals surface area contributed by atoms with E-state index in [4.69, 9.17) is 12.2 Å². The third-order valence-electron chi connectivity index (χ3n) is 7.53. The van der Waals surface area contributed by atoms with Gasteiger partial charge in [-0.25, -0.2) is 10.1 Å². The topological polar surface area (TPSA) is 219 Å². The van der Waals surface area contributed by atoms with Gasteiger partial charge in [-0.2, -0.15) is 10.1 Å². The minimum atomic E-state index is -0.927. The van der Waals surface area contributed by atoms with Crippen LogP contribution in [0.25, 0.3) is 0 Å². The van der Waals surface area contributed by atoms with Crippen LogP contribution in [0.1, 0.15) is 90.4 Å². The van der Waals surface area contributed by atoms with Gasteiger partial charge in [0, 0.05) is 70.6 Å². The monoisotopic (exact) mass is 754 g/mol. The van der Waals surface area contributed by atoms with E-state index in [1.807, 2.05) is 12.1 Å². The zero-order chi connectivity index (χ0) is 37.9. The van der Waals surface area contributed by atoms with Gasteiger partial charge >= 0.3 is 0 Å². The van der Waals surface area contributed by atoms with Crippen LogP contribution >= 0.6 is 24.4 Å². The number of hydroxylamine groups is 6. The number of hydrogen-bond acceptors (Lipinski definition) is 12. The lowest BCUT2D eigenvalue weighted by Crippen LogP contribution is -2.32. The maximum atomic E-state index is 12.2. The van der Waals surface area contributed by atoms with E-state index in [1.54, 1.807) is 12.1 Å². The highest BCUT2D eigenvalue weighted by atomic mass is 32.1. The highest BCUT2D eigenvalue weighted by Gasteiger charge is 2.14. The molecule has 0 heterocycles. The smallest absolute Gasteiger partial charge is 0.246 e. The molecule has 0 aromatic heterocycles. The fourth-order valence-corrected chi connectivity index (χ4v) is 4.84. The van der Waals surface area contributed by atoms with Gasteiger partial charge in [-0.05, 0) is 107 Å². The number of carbonyl (C=O) groups is 4. The first-order valence-electron chi connectivity index (χ1n) is 17.3. The number of anilines is 1. The van der Waals surface area contributed by atoms with Gasteiger partial charge in [-0.1, -0.05) is 6.42 Å². The molecule has 0 aliphatic rings. The first-order chi connectivity index (χ1) is 24.4. The molecule has 18 heteroatoms. The van der Waals surface area contributed by atoms with Crippen molar-refractivity contribution in [3.63, 3.8) is 0 Å². The summed E-state index contributed by atoms with van der Waals surface area (Å²) in [6.45, 7) is 3.49. The Hall–Kier alpha value is -3.61. The van der Waals surface area contributed by atoms with E-state index in [2.05, 4.69) is 43.6 Å². The second-order valence-electron chi connectivity index (χ2n) is 11.8. The molecule has 0 saturated carbocycles. The molecule has 4 amide bonds. The Kier molecular flexibility index (Phi) is 25.0. The van der Waals surface area contributed by atoms with Crippen molar-refractivity contribution in [1.82, 2.24) is 31.1 Å². The van der Waals surface area contributed by atoms with Crippen LogP contribution in [0.15, 0.2) is 29.3 Å². The van der Waals surface area contributed by atoms with Crippen LogP contribution in [0.3, 0.4) is 0 Å². The van der Waals surface area contributed by atoms with Crippen molar-refractivity contribution in [3.05, 3.63) is 24.3 Å². The third-order valence-corrected chi connectivity index (χ3v) is 7.86. The Morgan fingerprint density at radius 1 is 0.706 bits per heavy atom. The molecule has 0 spiro atoms. The molecule has 1 unspecified atom stereocenters. The molecule has 8 N–H and O–H groups in total. The first kappa shape index (κ1) is 45.4. The first-order valence-corrected chi connectivity index (χ1v) is 18.1. The number of hydrogen-bond donors (Lipinski definition) is 8. The highest BCUT2D eigenvalue weighted by molar-refractivity contribution is 7.80. The van der Waals surface area contributed by atoms with E-state index in [0.717, 1.165) is 30.0 Å². The Labute approximate surface area is 310 Å². The lowest BCUT2D eigenvalue weighted by atomic mass is 10.2. The summed E-state index contributed by atoms with van der Waals surface area (Å²) in [7, 11) is 0. The van der Waals surface area contributed by atoms with Crippen molar-refractivity contribution in [2.75, 3.05) is 44.6 Å². The second-order valence-corrected chi connectivity index (χ2v) is 12.4. The molecular formula is C33H54N8O8S2. The predicted molar refractivity (Wildman–Crippen MR) is 199 cm³/mol. The summed E-state index contributed by atoms with van der Waals surface area (Å²) < 4.78 is 0. The van der Waals surface area contributed by atoms with E-state index in [-0.39, 0.29) is 50.6 Å². The van der Waals surface area contributed by atoms with Crippen molar-refractivity contribution in [3.8, 4) is 0 Å². The summed E-state index contributed by atoms with van der Waals surface area (Å²) in [6, 6.07) is 7.23. The molecule has 1 atom stereocenters. The minimum absolute atomic E-state index is 0.0406. The number of thiocarbonyl (C=S) groups is 2. The quantitative estimate of drug-likeness (QED) is 0.0161. The summed E-state index contributed by atoms with van der Waals surface area (Å²) >= 11 is 9.87. The van der Waals surface area contributed by atoms with Gasteiger partial charge in [-0.15, -0.1) is 0 Å². The molecular weight excluding hydrogens is 701 g/mol. The van der Waals surface area contributed by atoms with Gasteiger partial charge in [0.15, 0.2) is 5.11 Å². The number of unbranched alkanes of at least 4 members (excludes halogenated alkanes) is 6. The van der Waals surface area contributed by atoms with Crippen LogP contribution in [0.2, 0.25) is 0 Å². The van der Waals surface area contributed by atoms with Crippen molar-refractivity contribution < 1.29 is 39.9 Å². The summed E-state index contributed by atoms with van der Waals surface area (Å²) in [5.41, 5.74) is 1.51. The third kappa shape index (κ3) is 23.5. The maximum Gasteiger partial charge on any atom is 0.246 e. The van der Waals surface area contributed by atoms with Crippen LogP contribution in [0, 0.1) is 0 Å². The Balaban J connectivity index is 2.01. The average Bonchev–Trinajstić information content (AvgIpc) is 3.10. The Morgan fingerprint density at radius 2 is 1.16 bits per heavy atom. The second kappa shape index (κ2) is 28.0. The summed E-state index contributed by atoms with van der Waals surface area (Å²) in [6.07, 6.45) is 4.72. The molecule has 1 aromatic carbocycles. The SMILES string of the molecule is CC(O)N(O)CCCCCNC(=O)CCC(=O)N(O)CCCCCNC(=O)CCC(=O)N(O)CCCCCNC(=S)Nc1ccc(N=C=S)cc1. The summed E-state index contributed by atoms with van der Waals surface area (Å²) in [4.78, 5) is 52.2. The Morgan fingerprint density at radius 3 is 1.61 bits per heavy atom. The number of aliphatic hydroxyl groups excluding tert-OH is 1. The van der Waals surface area contributed by atoms with E-state index < -0.39 is 18.0 Å². The van der Waals surface area contributed by atoms with Gasteiger partial charge in [0.25, 0.3) is 0 Å². The average molecular weight is 755 g/mol. The molecule has 0 bridgehead atoms. The lowest BCUT2D eigenvalue weighted by Gasteiger charge is -2.17.